The predicted octanol–water partition coefficient (Wildman–Crippen LogP) is 2.28. The summed E-state index contributed by atoms with van der Waals surface area (Å²) in [5.41, 5.74) is 2.38. The largest absolute Gasteiger partial charge is 0.380 e. The van der Waals surface area contributed by atoms with Crippen molar-refractivity contribution in [3.8, 4) is 6.07 Å². The lowest BCUT2D eigenvalue weighted by Gasteiger charge is -2.10. The van der Waals surface area contributed by atoms with E-state index in [0.29, 0.717) is 23.4 Å². The predicted molar refractivity (Wildman–Crippen MR) is 91.2 cm³/mol. The van der Waals surface area contributed by atoms with Crippen molar-refractivity contribution in [1.29, 1.82) is 5.26 Å². The van der Waals surface area contributed by atoms with Crippen molar-refractivity contribution < 1.29 is 13.2 Å². The molecular weight excluding hydrogens is 326 g/mol. The average Bonchev–Trinajstić information content (AvgIpc) is 2.59. The molecule has 0 spiro atoms. The lowest BCUT2D eigenvalue weighted by Crippen LogP contribution is -2.18. The molecule has 0 aliphatic rings. The van der Waals surface area contributed by atoms with Gasteiger partial charge in [-0.05, 0) is 49.9 Å². The number of carbonyl (C=O) groups excluding carboxylic acids is 1. The number of ketones is 1. The van der Waals surface area contributed by atoms with Gasteiger partial charge in [-0.15, -0.1) is 0 Å². The minimum absolute atomic E-state index is 0.0795. The van der Waals surface area contributed by atoms with Crippen molar-refractivity contribution in [3.05, 3.63) is 59.2 Å². The standard InChI is InChI=1S/C17H17N3O3S/c1-12(21)14-5-6-15(10-18)17(9-14)20-11-13-3-7-16(8-4-13)24(22,23)19-2/h3-9,19-20H,11H2,1-2H3. The molecule has 0 fully saturated rings. The minimum Gasteiger partial charge on any atom is -0.380 e. The summed E-state index contributed by atoms with van der Waals surface area (Å²) < 4.78 is 25.6. The highest BCUT2D eigenvalue weighted by molar-refractivity contribution is 7.89. The maximum atomic E-state index is 11.7. The highest BCUT2D eigenvalue weighted by atomic mass is 32.2. The maximum absolute atomic E-state index is 11.7. The maximum Gasteiger partial charge on any atom is 0.240 e. The molecule has 24 heavy (non-hydrogen) atoms. The number of rotatable bonds is 6. The molecule has 0 heterocycles. The molecule has 0 saturated carbocycles. The number of hydrogen-bond donors (Lipinski definition) is 2. The fourth-order valence-electron chi connectivity index (χ4n) is 2.11. The molecule has 124 valence electrons. The number of Topliss-reactive ketones (excluding diaryl/α,β-unsaturated/α-hetero) is 1. The number of nitriles is 1. The van der Waals surface area contributed by atoms with Gasteiger partial charge >= 0.3 is 0 Å². The second-order valence-corrected chi connectivity index (χ2v) is 7.02. The molecule has 0 bridgehead atoms. The Morgan fingerprint density at radius 2 is 1.83 bits per heavy atom. The van der Waals surface area contributed by atoms with E-state index >= 15 is 0 Å². The van der Waals surface area contributed by atoms with Crippen LogP contribution in [0.15, 0.2) is 47.4 Å². The van der Waals surface area contributed by atoms with Crippen LogP contribution in [-0.4, -0.2) is 21.2 Å². The van der Waals surface area contributed by atoms with Gasteiger partial charge in [0.25, 0.3) is 0 Å². The summed E-state index contributed by atoms with van der Waals surface area (Å²) in [5, 5.41) is 12.3. The summed E-state index contributed by atoms with van der Waals surface area (Å²) >= 11 is 0. The summed E-state index contributed by atoms with van der Waals surface area (Å²) in [4.78, 5) is 11.6. The van der Waals surface area contributed by atoms with Crippen LogP contribution in [0.5, 0.6) is 0 Å². The normalized spacial score (nSPS) is 10.9. The molecule has 0 aliphatic heterocycles. The zero-order valence-corrected chi connectivity index (χ0v) is 14.1. The molecule has 7 heteroatoms. The molecule has 0 aliphatic carbocycles. The smallest absolute Gasteiger partial charge is 0.240 e. The Bertz CT molecular complexity index is 898. The van der Waals surface area contributed by atoms with Gasteiger partial charge in [0.2, 0.25) is 10.0 Å². The van der Waals surface area contributed by atoms with Crippen LogP contribution >= 0.6 is 0 Å². The molecule has 0 aromatic heterocycles. The number of nitrogens with zero attached hydrogens (tertiary/aromatic N) is 1. The van der Waals surface area contributed by atoms with Crippen LogP contribution in [0.3, 0.4) is 0 Å². The molecule has 2 N–H and O–H groups in total. The van der Waals surface area contributed by atoms with E-state index in [1.54, 1.807) is 30.3 Å². The fourth-order valence-corrected chi connectivity index (χ4v) is 2.84. The van der Waals surface area contributed by atoms with E-state index in [0.717, 1.165) is 5.56 Å². The highest BCUT2D eigenvalue weighted by Crippen LogP contribution is 2.19. The Hall–Kier alpha value is -2.69. The molecule has 6 nitrogen and oxygen atoms in total. The zero-order valence-electron chi connectivity index (χ0n) is 13.3. The lowest BCUT2D eigenvalue weighted by atomic mass is 10.1. The van der Waals surface area contributed by atoms with Gasteiger partial charge in [-0.2, -0.15) is 5.26 Å². The summed E-state index contributed by atoms with van der Waals surface area (Å²) in [6, 6.07) is 13.3. The van der Waals surface area contributed by atoms with Gasteiger partial charge in [-0.3, -0.25) is 4.79 Å². The van der Waals surface area contributed by atoms with Crippen LogP contribution in [0.2, 0.25) is 0 Å². The van der Waals surface area contributed by atoms with Crippen LogP contribution in [0.25, 0.3) is 0 Å². The first-order valence-electron chi connectivity index (χ1n) is 7.19. The summed E-state index contributed by atoms with van der Waals surface area (Å²) in [6.07, 6.45) is 0. The first-order chi connectivity index (χ1) is 11.4. The van der Waals surface area contributed by atoms with Gasteiger partial charge in [0, 0.05) is 12.1 Å². The fraction of sp³-hybridized carbons (Fsp3) is 0.176. The third-order valence-electron chi connectivity index (χ3n) is 3.53. The monoisotopic (exact) mass is 343 g/mol. The van der Waals surface area contributed by atoms with E-state index in [-0.39, 0.29) is 10.7 Å². The summed E-state index contributed by atoms with van der Waals surface area (Å²) in [6.45, 7) is 1.86. The van der Waals surface area contributed by atoms with E-state index in [4.69, 9.17) is 5.26 Å². The van der Waals surface area contributed by atoms with E-state index in [2.05, 4.69) is 16.1 Å². The van der Waals surface area contributed by atoms with E-state index in [1.165, 1.54) is 26.1 Å². The molecule has 2 aromatic rings. The molecule has 2 aromatic carbocycles. The number of hydrogen-bond acceptors (Lipinski definition) is 5. The topological polar surface area (TPSA) is 99.1 Å². The first kappa shape index (κ1) is 17.7. The third kappa shape index (κ3) is 3.98. The molecule has 0 amide bonds. The summed E-state index contributed by atoms with van der Waals surface area (Å²) in [5.74, 6) is -0.0795. The van der Waals surface area contributed by atoms with Crippen LogP contribution in [0.1, 0.15) is 28.4 Å². The number of sulfonamides is 1. The minimum atomic E-state index is -3.46. The molecule has 0 saturated heterocycles. The Labute approximate surface area is 141 Å². The van der Waals surface area contributed by atoms with Crippen LogP contribution in [-0.2, 0) is 16.6 Å². The Kier molecular flexibility index (Phi) is 5.34. The third-order valence-corrected chi connectivity index (χ3v) is 4.96. The molecule has 2 rings (SSSR count). The van der Waals surface area contributed by atoms with Crippen molar-refractivity contribution in [2.45, 2.75) is 18.4 Å². The lowest BCUT2D eigenvalue weighted by molar-refractivity contribution is 0.101. The Balaban J connectivity index is 2.18. The van der Waals surface area contributed by atoms with Crippen LogP contribution in [0.4, 0.5) is 5.69 Å². The quantitative estimate of drug-likeness (QED) is 0.784. The molecule has 0 atom stereocenters. The van der Waals surface area contributed by atoms with Crippen molar-refractivity contribution in [2.75, 3.05) is 12.4 Å². The van der Waals surface area contributed by atoms with Crippen LogP contribution in [0, 0.1) is 11.3 Å². The van der Waals surface area contributed by atoms with Crippen molar-refractivity contribution >= 4 is 21.5 Å². The van der Waals surface area contributed by atoms with E-state index < -0.39 is 10.0 Å². The van der Waals surface area contributed by atoms with Gasteiger partial charge in [0.1, 0.15) is 6.07 Å². The van der Waals surface area contributed by atoms with Crippen molar-refractivity contribution in [3.63, 3.8) is 0 Å². The van der Waals surface area contributed by atoms with Gasteiger partial charge in [0.15, 0.2) is 5.78 Å². The van der Waals surface area contributed by atoms with Gasteiger partial charge in [-0.25, -0.2) is 13.1 Å². The first-order valence-corrected chi connectivity index (χ1v) is 8.67. The molecular formula is C17H17N3O3S. The number of anilines is 1. The summed E-state index contributed by atoms with van der Waals surface area (Å²) in [7, 11) is -2.10. The van der Waals surface area contributed by atoms with Crippen molar-refractivity contribution in [2.24, 2.45) is 0 Å². The Morgan fingerprint density at radius 3 is 2.38 bits per heavy atom. The molecule has 0 unspecified atom stereocenters. The van der Waals surface area contributed by atoms with Crippen LogP contribution < -0.4 is 10.0 Å². The van der Waals surface area contributed by atoms with E-state index in [1.807, 2.05) is 0 Å². The van der Waals surface area contributed by atoms with Gasteiger partial charge in [-0.1, -0.05) is 12.1 Å². The second kappa shape index (κ2) is 7.25. The highest BCUT2D eigenvalue weighted by Gasteiger charge is 2.11. The average molecular weight is 343 g/mol. The molecule has 0 radical (unpaired) electrons. The number of carbonyl (C=O) groups is 1. The second-order valence-electron chi connectivity index (χ2n) is 5.13. The number of benzene rings is 2. The van der Waals surface area contributed by atoms with Gasteiger partial charge in [0.05, 0.1) is 16.1 Å². The van der Waals surface area contributed by atoms with Crippen molar-refractivity contribution in [1.82, 2.24) is 4.72 Å². The number of nitrogens with one attached hydrogen (secondary N) is 2. The Morgan fingerprint density at radius 1 is 1.17 bits per heavy atom. The zero-order chi connectivity index (χ0) is 17.7. The van der Waals surface area contributed by atoms with E-state index in [9.17, 15) is 13.2 Å². The van der Waals surface area contributed by atoms with Gasteiger partial charge < -0.3 is 5.32 Å². The SMILES string of the molecule is CNS(=O)(=O)c1ccc(CNc2cc(C(C)=O)ccc2C#N)cc1.